The van der Waals surface area contributed by atoms with Crippen LogP contribution < -0.4 is 10.5 Å². The second-order valence-electron chi connectivity index (χ2n) is 7.05. The summed E-state index contributed by atoms with van der Waals surface area (Å²) in [5.74, 6) is 0.755. The average molecular weight is 356 g/mol. The third kappa shape index (κ3) is 2.78. The second kappa shape index (κ2) is 6.54. The molecule has 0 saturated carbocycles. The van der Waals surface area contributed by atoms with E-state index in [9.17, 15) is 4.79 Å². The van der Waals surface area contributed by atoms with Crippen LogP contribution in [0.2, 0.25) is 0 Å². The van der Waals surface area contributed by atoms with E-state index < -0.39 is 0 Å². The molecule has 1 aliphatic rings. The molecule has 134 valence electrons. The maximum Gasteiger partial charge on any atom is 0.347 e. The number of rotatable bonds is 2. The van der Waals surface area contributed by atoms with Crippen LogP contribution in [0, 0.1) is 0 Å². The van der Waals surface area contributed by atoms with E-state index in [-0.39, 0.29) is 5.63 Å². The molecule has 3 heterocycles. The van der Waals surface area contributed by atoms with Gasteiger partial charge in [-0.15, -0.1) is 0 Å². The first-order chi connectivity index (χ1) is 13.3. The van der Waals surface area contributed by atoms with Crippen molar-refractivity contribution in [1.82, 2.24) is 4.98 Å². The van der Waals surface area contributed by atoms with Gasteiger partial charge in [-0.3, -0.25) is 0 Å². The minimum atomic E-state index is -0.309. The Morgan fingerprint density at radius 3 is 2.41 bits per heavy atom. The first-order valence-corrected chi connectivity index (χ1v) is 9.48. The summed E-state index contributed by atoms with van der Waals surface area (Å²) >= 11 is 0. The summed E-state index contributed by atoms with van der Waals surface area (Å²) in [6.45, 7) is 1.85. The maximum atomic E-state index is 12.9. The molecule has 5 rings (SSSR count). The molecule has 0 spiro atoms. The minimum absolute atomic E-state index is 0.309. The van der Waals surface area contributed by atoms with E-state index in [0.29, 0.717) is 11.0 Å². The Labute approximate surface area is 157 Å². The van der Waals surface area contributed by atoms with Gasteiger partial charge in [-0.05, 0) is 31.4 Å². The van der Waals surface area contributed by atoms with Crippen molar-refractivity contribution < 1.29 is 4.42 Å². The third-order valence-electron chi connectivity index (χ3n) is 5.31. The van der Waals surface area contributed by atoms with Crippen LogP contribution in [0.1, 0.15) is 19.3 Å². The highest BCUT2D eigenvalue weighted by atomic mass is 16.4. The Morgan fingerprint density at radius 2 is 1.59 bits per heavy atom. The molecule has 27 heavy (non-hydrogen) atoms. The molecule has 0 radical (unpaired) electrons. The fourth-order valence-electron chi connectivity index (χ4n) is 3.97. The van der Waals surface area contributed by atoms with Crippen LogP contribution in [0.5, 0.6) is 0 Å². The van der Waals surface area contributed by atoms with Crippen LogP contribution in [-0.2, 0) is 0 Å². The van der Waals surface area contributed by atoms with Crippen LogP contribution in [0.25, 0.3) is 33.0 Å². The minimum Gasteiger partial charge on any atom is -0.422 e. The smallest absolute Gasteiger partial charge is 0.347 e. The topological polar surface area (TPSA) is 46.3 Å². The fraction of sp³-hybridized carbons (Fsp3) is 0.217. The summed E-state index contributed by atoms with van der Waals surface area (Å²) in [6, 6.07) is 19.9. The number of aromatic nitrogens is 1. The Bertz CT molecular complexity index is 1180. The lowest BCUT2D eigenvalue weighted by Gasteiger charge is -2.29. The Hall–Kier alpha value is -3.14. The molecule has 4 nitrogen and oxygen atoms in total. The highest BCUT2D eigenvalue weighted by Crippen LogP contribution is 2.33. The summed E-state index contributed by atoms with van der Waals surface area (Å²) in [4.78, 5) is 20.0. The number of nitrogens with zero attached hydrogens (tertiary/aromatic N) is 2. The van der Waals surface area contributed by atoms with Crippen molar-refractivity contribution in [3.05, 3.63) is 71.1 Å². The molecular weight excluding hydrogens is 336 g/mol. The standard InChI is InChI=1S/C23H20N2O2/c26-23-21-18(17-11-5-6-12-20(17)27-23)15-19(16-9-3-1-4-10-16)24-22(21)25-13-7-2-8-14-25/h1,3-6,9-12,15H,2,7-8,13-14H2. The zero-order chi connectivity index (χ0) is 18.2. The summed E-state index contributed by atoms with van der Waals surface area (Å²) < 4.78 is 5.63. The zero-order valence-corrected chi connectivity index (χ0v) is 15.0. The van der Waals surface area contributed by atoms with Crippen molar-refractivity contribution in [2.45, 2.75) is 19.3 Å². The van der Waals surface area contributed by atoms with Crippen LogP contribution >= 0.6 is 0 Å². The van der Waals surface area contributed by atoms with Gasteiger partial charge in [0.25, 0.3) is 0 Å². The van der Waals surface area contributed by atoms with Crippen LogP contribution in [-0.4, -0.2) is 18.1 Å². The van der Waals surface area contributed by atoms with Gasteiger partial charge in [0.15, 0.2) is 0 Å². The van der Waals surface area contributed by atoms with Gasteiger partial charge in [0, 0.05) is 29.4 Å². The van der Waals surface area contributed by atoms with Crippen molar-refractivity contribution in [3.8, 4) is 11.3 Å². The zero-order valence-electron chi connectivity index (χ0n) is 15.0. The van der Waals surface area contributed by atoms with Gasteiger partial charge in [-0.1, -0.05) is 48.5 Å². The number of anilines is 1. The summed E-state index contributed by atoms with van der Waals surface area (Å²) in [5, 5.41) is 2.46. The molecule has 2 aromatic carbocycles. The van der Waals surface area contributed by atoms with Crippen LogP contribution in [0.15, 0.2) is 69.9 Å². The van der Waals surface area contributed by atoms with E-state index in [1.807, 2.05) is 48.5 Å². The molecule has 0 bridgehead atoms. The first kappa shape index (κ1) is 16.1. The number of piperidine rings is 1. The largest absolute Gasteiger partial charge is 0.422 e. The Balaban J connectivity index is 1.87. The number of benzene rings is 2. The van der Waals surface area contributed by atoms with E-state index in [1.165, 1.54) is 6.42 Å². The molecule has 4 aromatic rings. The number of fused-ring (bicyclic) bond motifs is 3. The van der Waals surface area contributed by atoms with Crippen molar-refractivity contribution in [2.24, 2.45) is 0 Å². The predicted octanol–water partition coefficient (Wildman–Crippen LogP) is 5.00. The lowest BCUT2D eigenvalue weighted by molar-refractivity contribution is 0.563. The van der Waals surface area contributed by atoms with Crippen molar-refractivity contribution in [2.75, 3.05) is 18.0 Å². The van der Waals surface area contributed by atoms with Crippen molar-refractivity contribution in [3.63, 3.8) is 0 Å². The quantitative estimate of drug-likeness (QED) is 0.375. The normalized spacial score (nSPS) is 14.7. The summed E-state index contributed by atoms with van der Waals surface area (Å²) in [6.07, 6.45) is 3.47. The SMILES string of the molecule is O=c1oc2ccccc2c2cc(-c3ccccc3)nc(N3CCCCC3)c12. The van der Waals surface area contributed by atoms with E-state index in [2.05, 4.69) is 17.0 Å². The fourth-order valence-corrected chi connectivity index (χ4v) is 3.97. The van der Waals surface area contributed by atoms with Gasteiger partial charge >= 0.3 is 5.63 Å². The molecule has 0 unspecified atom stereocenters. The third-order valence-corrected chi connectivity index (χ3v) is 5.31. The van der Waals surface area contributed by atoms with Gasteiger partial charge in [0.05, 0.1) is 5.69 Å². The predicted molar refractivity (Wildman–Crippen MR) is 109 cm³/mol. The van der Waals surface area contributed by atoms with Gasteiger partial charge < -0.3 is 9.32 Å². The molecule has 0 aliphatic carbocycles. The van der Waals surface area contributed by atoms with E-state index in [0.717, 1.165) is 53.8 Å². The number of pyridine rings is 1. The van der Waals surface area contributed by atoms with Crippen molar-refractivity contribution in [1.29, 1.82) is 0 Å². The monoisotopic (exact) mass is 356 g/mol. The summed E-state index contributed by atoms with van der Waals surface area (Å²) in [5.41, 5.74) is 2.25. The lowest BCUT2D eigenvalue weighted by Crippen LogP contribution is -2.31. The van der Waals surface area contributed by atoms with E-state index in [4.69, 9.17) is 9.40 Å². The Morgan fingerprint density at radius 1 is 0.852 bits per heavy atom. The molecule has 1 fully saturated rings. The molecule has 0 N–H and O–H groups in total. The van der Waals surface area contributed by atoms with Gasteiger partial charge in [-0.2, -0.15) is 0 Å². The van der Waals surface area contributed by atoms with Crippen LogP contribution in [0.4, 0.5) is 5.82 Å². The molecule has 1 saturated heterocycles. The Kier molecular flexibility index (Phi) is 3.89. The number of hydrogen-bond donors (Lipinski definition) is 0. The lowest BCUT2D eigenvalue weighted by atomic mass is 10.0. The number of hydrogen-bond acceptors (Lipinski definition) is 4. The molecule has 0 atom stereocenters. The first-order valence-electron chi connectivity index (χ1n) is 9.48. The van der Waals surface area contributed by atoms with Crippen molar-refractivity contribution >= 4 is 27.6 Å². The maximum absolute atomic E-state index is 12.9. The van der Waals surface area contributed by atoms with E-state index in [1.54, 1.807) is 0 Å². The van der Waals surface area contributed by atoms with Gasteiger partial charge in [0.2, 0.25) is 0 Å². The highest BCUT2D eigenvalue weighted by Gasteiger charge is 2.21. The van der Waals surface area contributed by atoms with Crippen LogP contribution in [0.3, 0.4) is 0 Å². The molecule has 1 aliphatic heterocycles. The summed E-state index contributed by atoms with van der Waals surface area (Å²) in [7, 11) is 0. The molecule has 0 amide bonds. The van der Waals surface area contributed by atoms with Gasteiger partial charge in [0.1, 0.15) is 16.8 Å². The second-order valence-corrected chi connectivity index (χ2v) is 7.05. The number of para-hydroxylation sites is 1. The average Bonchev–Trinajstić information content (AvgIpc) is 2.74. The van der Waals surface area contributed by atoms with E-state index >= 15 is 0 Å². The molecule has 2 aromatic heterocycles. The highest BCUT2D eigenvalue weighted by molar-refractivity contribution is 6.09. The van der Waals surface area contributed by atoms with Gasteiger partial charge in [-0.25, -0.2) is 9.78 Å². The molecule has 4 heteroatoms. The molecular formula is C23H20N2O2.